The van der Waals surface area contributed by atoms with Crippen molar-refractivity contribution in [2.75, 3.05) is 20.2 Å². The Hall–Kier alpha value is -3.50. The predicted molar refractivity (Wildman–Crippen MR) is 163 cm³/mol. The second-order valence-corrected chi connectivity index (χ2v) is 13.3. The van der Waals surface area contributed by atoms with E-state index in [4.69, 9.17) is 9.47 Å². The van der Waals surface area contributed by atoms with Gasteiger partial charge in [0.15, 0.2) is 0 Å². The van der Waals surface area contributed by atoms with Crippen LogP contribution in [-0.4, -0.2) is 99.1 Å². The van der Waals surface area contributed by atoms with Crippen LogP contribution in [-0.2, 0) is 28.7 Å². The van der Waals surface area contributed by atoms with E-state index in [2.05, 4.69) is 0 Å². The first-order valence-corrected chi connectivity index (χ1v) is 15.6. The molecule has 0 radical (unpaired) electrons. The van der Waals surface area contributed by atoms with Crippen LogP contribution in [0.4, 0.5) is 0 Å². The Kier molecular flexibility index (Phi) is 8.79. The van der Waals surface area contributed by atoms with Crippen LogP contribution in [0.1, 0.15) is 65.5 Å². The van der Waals surface area contributed by atoms with Gasteiger partial charge in [-0.25, -0.2) is 0 Å². The van der Waals surface area contributed by atoms with E-state index in [1.54, 1.807) is 29.0 Å². The SMILES string of the molecule is CC[C@@H](CO)N1C(=O)[C@H]2[C@@H]3C(=O)O[C@H](c4ccccc4)[C@@H](C)N(C)C(=O)CC/C=C\CN(C(C)(C)C)C(=O)[C@H]1[C@@]21C=C[C@@H]3O1. The monoisotopic (exact) mass is 607 g/mol. The summed E-state index contributed by atoms with van der Waals surface area (Å²) < 4.78 is 12.8. The maximum absolute atomic E-state index is 14.6. The maximum atomic E-state index is 14.6. The fraction of sp³-hybridized carbons (Fsp3) is 0.588. The highest BCUT2D eigenvalue weighted by Gasteiger charge is 2.74. The Morgan fingerprint density at radius 2 is 1.77 bits per heavy atom. The van der Waals surface area contributed by atoms with Crippen LogP contribution in [0.5, 0.6) is 0 Å². The lowest BCUT2D eigenvalue weighted by Gasteiger charge is -2.43. The molecular weight excluding hydrogens is 562 g/mol. The zero-order valence-electron chi connectivity index (χ0n) is 26.5. The zero-order valence-corrected chi connectivity index (χ0v) is 26.5. The zero-order chi connectivity index (χ0) is 32.0. The standard InChI is InChI=1S/C34H45N3O7/c1-7-23(20-38)37-29-31(41)36(33(3,4)5)19-13-9-12-16-25(39)35(6)21(2)28(22-14-10-8-11-15-22)43-32(42)26-24-17-18-34(29,44-24)27(26)30(37)40/h8-11,13-15,17-18,21,23-24,26-29,38H,7,12,16,19-20H2,1-6H3/b13-9-/t21-,23+,24+,26-,27-,28+,29+,34-/m1/s1. The molecule has 4 aliphatic rings. The molecule has 0 aromatic heterocycles. The topological polar surface area (TPSA) is 117 Å². The van der Waals surface area contributed by atoms with Crippen LogP contribution >= 0.6 is 0 Å². The number of cyclic esters (lactones) is 1. The third-order valence-electron chi connectivity index (χ3n) is 9.76. The van der Waals surface area contributed by atoms with Gasteiger partial charge in [0.2, 0.25) is 17.7 Å². The molecule has 2 saturated heterocycles. The summed E-state index contributed by atoms with van der Waals surface area (Å²) in [6, 6.07) is 7.04. The number of nitrogens with zero attached hydrogens (tertiary/aromatic N) is 3. The number of carbonyl (C=O) groups is 4. The van der Waals surface area contributed by atoms with E-state index in [0.717, 1.165) is 5.56 Å². The number of esters is 1. The third kappa shape index (κ3) is 5.26. The second-order valence-electron chi connectivity index (χ2n) is 13.3. The van der Waals surface area contributed by atoms with Gasteiger partial charge < -0.3 is 29.3 Å². The molecule has 0 unspecified atom stereocenters. The highest BCUT2D eigenvalue weighted by molar-refractivity contribution is 5.99. The van der Waals surface area contributed by atoms with Gasteiger partial charge in [-0.1, -0.05) is 61.6 Å². The molecule has 5 rings (SSSR count). The van der Waals surface area contributed by atoms with Crippen molar-refractivity contribution in [1.29, 1.82) is 0 Å². The molecule has 0 aliphatic carbocycles. The Bertz CT molecular complexity index is 1330. The number of aliphatic hydroxyl groups is 1. The molecule has 4 heterocycles. The normalized spacial score (nSPS) is 34.4. The molecule has 1 spiro atoms. The van der Waals surface area contributed by atoms with E-state index in [9.17, 15) is 24.3 Å². The lowest BCUT2D eigenvalue weighted by atomic mass is 9.74. The number of likely N-dealkylation sites (tertiary alicyclic amines) is 1. The van der Waals surface area contributed by atoms with Gasteiger partial charge in [0.25, 0.3) is 0 Å². The third-order valence-corrected chi connectivity index (χ3v) is 9.76. The van der Waals surface area contributed by atoms with E-state index >= 15 is 0 Å². The smallest absolute Gasteiger partial charge is 0.313 e. The first-order chi connectivity index (χ1) is 20.9. The average molecular weight is 608 g/mol. The number of amides is 3. The van der Waals surface area contributed by atoms with Crippen LogP contribution in [0.3, 0.4) is 0 Å². The largest absolute Gasteiger partial charge is 0.455 e. The second kappa shape index (κ2) is 12.1. The molecule has 10 heteroatoms. The number of hydrogen-bond acceptors (Lipinski definition) is 7. The fourth-order valence-electron chi connectivity index (χ4n) is 7.21. The number of aliphatic hydroxyl groups excluding tert-OH is 1. The molecule has 238 valence electrons. The molecule has 4 aliphatic heterocycles. The number of ether oxygens (including phenoxy) is 2. The van der Waals surface area contributed by atoms with Crippen LogP contribution in [0.25, 0.3) is 0 Å². The van der Waals surface area contributed by atoms with Crippen molar-refractivity contribution < 1.29 is 33.8 Å². The molecule has 1 aromatic carbocycles. The van der Waals surface area contributed by atoms with E-state index in [1.165, 1.54) is 4.90 Å². The summed E-state index contributed by atoms with van der Waals surface area (Å²) in [5, 5.41) is 10.4. The van der Waals surface area contributed by atoms with Gasteiger partial charge in [-0.05, 0) is 46.1 Å². The van der Waals surface area contributed by atoms with Crippen LogP contribution in [0.15, 0.2) is 54.6 Å². The van der Waals surface area contributed by atoms with E-state index in [-0.39, 0.29) is 31.4 Å². The Labute approximate surface area is 259 Å². The van der Waals surface area contributed by atoms with Crippen molar-refractivity contribution >= 4 is 23.7 Å². The van der Waals surface area contributed by atoms with Gasteiger partial charge in [0.1, 0.15) is 23.7 Å². The van der Waals surface area contributed by atoms with Gasteiger partial charge >= 0.3 is 5.97 Å². The maximum Gasteiger partial charge on any atom is 0.313 e. The Balaban J connectivity index is 1.64. The molecule has 1 aromatic rings. The number of benzene rings is 1. The summed E-state index contributed by atoms with van der Waals surface area (Å²) in [4.78, 5) is 61.3. The van der Waals surface area contributed by atoms with Crippen molar-refractivity contribution in [2.45, 2.75) is 95.4 Å². The first kappa shape index (κ1) is 31.9. The summed E-state index contributed by atoms with van der Waals surface area (Å²) in [7, 11) is 1.70. The molecule has 0 saturated carbocycles. The fourth-order valence-corrected chi connectivity index (χ4v) is 7.21. The van der Waals surface area contributed by atoms with Gasteiger partial charge in [0, 0.05) is 25.6 Å². The van der Waals surface area contributed by atoms with Gasteiger partial charge in [-0.3, -0.25) is 19.2 Å². The van der Waals surface area contributed by atoms with Crippen molar-refractivity contribution in [3.63, 3.8) is 0 Å². The number of likely N-dealkylation sites (N-methyl/N-ethyl adjacent to an activating group) is 1. The van der Waals surface area contributed by atoms with Crippen molar-refractivity contribution in [3.05, 3.63) is 60.2 Å². The molecule has 2 fully saturated rings. The predicted octanol–water partition coefficient (Wildman–Crippen LogP) is 3.02. The van der Waals surface area contributed by atoms with Crippen LogP contribution in [0.2, 0.25) is 0 Å². The molecule has 3 amide bonds. The Morgan fingerprint density at radius 3 is 2.41 bits per heavy atom. The summed E-state index contributed by atoms with van der Waals surface area (Å²) in [6.45, 7) is 9.39. The Morgan fingerprint density at radius 1 is 1.07 bits per heavy atom. The highest BCUT2D eigenvalue weighted by Crippen LogP contribution is 2.56. The minimum atomic E-state index is -1.38. The van der Waals surface area contributed by atoms with Crippen molar-refractivity contribution in [2.24, 2.45) is 11.8 Å². The van der Waals surface area contributed by atoms with E-state index in [1.807, 2.05) is 77.1 Å². The minimum absolute atomic E-state index is 0.100. The summed E-state index contributed by atoms with van der Waals surface area (Å²) in [5.41, 5.74) is -1.28. The van der Waals surface area contributed by atoms with Crippen molar-refractivity contribution in [3.8, 4) is 0 Å². The summed E-state index contributed by atoms with van der Waals surface area (Å²) >= 11 is 0. The molecule has 44 heavy (non-hydrogen) atoms. The van der Waals surface area contributed by atoms with Crippen LogP contribution in [0, 0.1) is 11.8 Å². The molecule has 5 bridgehead atoms. The molecule has 8 atom stereocenters. The van der Waals surface area contributed by atoms with Crippen LogP contribution < -0.4 is 0 Å². The molecular formula is C34H45N3O7. The van der Waals surface area contributed by atoms with E-state index in [0.29, 0.717) is 12.8 Å². The number of fused-ring (bicyclic) bond motifs is 2. The van der Waals surface area contributed by atoms with Gasteiger partial charge in [-0.15, -0.1) is 0 Å². The summed E-state index contributed by atoms with van der Waals surface area (Å²) in [5.74, 6) is -3.44. The minimum Gasteiger partial charge on any atom is -0.455 e. The summed E-state index contributed by atoms with van der Waals surface area (Å²) in [6.07, 6.45) is 6.88. The van der Waals surface area contributed by atoms with Gasteiger partial charge in [-0.2, -0.15) is 0 Å². The van der Waals surface area contributed by atoms with Crippen molar-refractivity contribution in [1.82, 2.24) is 14.7 Å². The molecule has 10 nitrogen and oxygen atoms in total. The van der Waals surface area contributed by atoms with Gasteiger partial charge in [0.05, 0.1) is 30.7 Å². The first-order valence-electron chi connectivity index (χ1n) is 15.6. The lowest BCUT2D eigenvalue weighted by Crippen LogP contribution is -2.61. The quantitative estimate of drug-likeness (QED) is 0.413. The molecule has 1 N–H and O–H groups in total. The number of allylic oxidation sites excluding steroid dienone is 1. The number of hydrogen-bond donors (Lipinski definition) is 1. The highest BCUT2D eigenvalue weighted by atomic mass is 16.6. The average Bonchev–Trinajstić information content (AvgIpc) is 3.64. The lowest BCUT2D eigenvalue weighted by molar-refractivity contribution is -0.164. The number of rotatable bonds is 4. The number of carbonyl (C=O) groups excluding carboxylic acids is 4. The van der Waals surface area contributed by atoms with E-state index < -0.39 is 65.2 Å².